The maximum absolute atomic E-state index is 14.7. The standard InChI is InChI=1S/C41H66N2O5/c1-25(2)31-27(44)24-41(42-33(46)40(18-12-11-13-19-40)43-34(47)48-35(3,4)5)23-22-38(9)26(32(31)41)14-15-29-37(8)20-17-30(45)36(6,7)28(37)16-21-39(29,38)10/h25-26,28-30,45H,11-24H2,1-10H3,(H,42,46)(H,43,47)/t26-,28+,29-,30+,37+,38-,39-,41-/m1/s1. The van der Waals surface area contributed by atoms with Crippen LogP contribution in [0.4, 0.5) is 4.79 Å². The molecule has 0 aliphatic heterocycles. The Hall–Kier alpha value is -1.89. The number of alkyl carbamates (subject to hydrolysis) is 1. The van der Waals surface area contributed by atoms with Gasteiger partial charge >= 0.3 is 6.09 Å². The molecule has 7 heteroatoms. The van der Waals surface area contributed by atoms with E-state index in [4.69, 9.17) is 4.74 Å². The van der Waals surface area contributed by atoms with E-state index in [-0.39, 0.29) is 51.3 Å². The molecule has 0 unspecified atom stereocenters. The first-order valence-corrected chi connectivity index (χ1v) is 19.5. The SMILES string of the molecule is CC(C)C1=C2[C@H]3CC[C@@H]4[C@@]5(C)CC[C@H](O)C(C)(C)[C@@H]5CC[C@@]4(C)[C@]3(C)CC[C@@]2(NC(=O)C2(NC(=O)OC(C)(C)C)CCCCC2)CC1=O. The molecule has 6 aliphatic rings. The zero-order chi connectivity index (χ0) is 35.3. The highest BCUT2D eigenvalue weighted by Gasteiger charge is 2.70. The Kier molecular flexibility index (Phi) is 8.66. The predicted molar refractivity (Wildman–Crippen MR) is 189 cm³/mol. The van der Waals surface area contributed by atoms with Crippen molar-refractivity contribution in [1.29, 1.82) is 0 Å². The highest BCUT2D eigenvalue weighted by Crippen LogP contribution is 2.75. The molecule has 0 radical (unpaired) electrons. The number of Topliss-reactive ketones (excluding diaryl/α,β-unsaturated/α-hetero) is 1. The summed E-state index contributed by atoms with van der Waals surface area (Å²) in [6.45, 7) is 22.1. The Morgan fingerprint density at radius 3 is 2.10 bits per heavy atom. The van der Waals surface area contributed by atoms with E-state index in [1.165, 1.54) is 5.57 Å². The molecule has 0 aromatic carbocycles. The Bertz CT molecular complexity index is 1370. The average Bonchev–Trinajstić information content (AvgIpc) is 3.27. The van der Waals surface area contributed by atoms with Crippen LogP contribution in [0.15, 0.2) is 11.1 Å². The molecule has 0 saturated heterocycles. The van der Waals surface area contributed by atoms with Gasteiger partial charge in [-0.1, -0.05) is 67.7 Å². The summed E-state index contributed by atoms with van der Waals surface area (Å²) in [5, 5.41) is 17.7. The smallest absolute Gasteiger partial charge is 0.408 e. The van der Waals surface area contributed by atoms with Gasteiger partial charge in [0.25, 0.3) is 0 Å². The van der Waals surface area contributed by atoms with Crippen LogP contribution in [-0.4, -0.2) is 45.7 Å². The first-order chi connectivity index (χ1) is 22.2. The zero-order valence-corrected chi connectivity index (χ0v) is 31.9. The quantitative estimate of drug-likeness (QED) is 0.279. The van der Waals surface area contributed by atoms with Crippen LogP contribution in [-0.2, 0) is 14.3 Å². The number of aliphatic hydroxyl groups is 1. The van der Waals surface area contributed by atoms with Gasteiger partial charge in [0.1, 0.15) is 11.1 Å². The molecule has 5 saturated carbocycles. The molecular formula is C41H66N2O5. The molecule has 270 valence electrons. The van der Waals surface area contributed by atoms with Gasteiger partial charge in [0, 0.05) is 6.42 Å². The number of rotatable bonds is 4. The van der Waals surface area contributed by atoms with Gasteiger partial charge in [-0.3, -0.25) is 9.59 Å². The maximum Gasteiger partial charge on any atom is 0.408 e. The predicted octanol–water partition coefficient (Wildman–Crippen LogP) is 8.42. The molecule has 0 aromatic rings. The third-order valence-corrected chi connectivity index (χ3v) is 15.6. The number of hydrogen-bond donors (Lipinski definition) is 3. The van der Waals surface area contributed by atoms with Gasteiger partial charge in [-0.15, -0.1) is 0 Å². The summed E-state index contributed by atoms with van der Waals surface area (Å²) < 4.78 is 5.66. The van der Waals surface area contributed by atoms with Crippen molar-refractivity contribution in [3.05, 3.63) is 11.1 Å². The lowest BCUT2D eigenvalue weighted by molar-refractivity contribution is -0.227. The minimum Gasteiger partial charge on any atom is -0.444 e. The van der Waals surface area contributed by atoms with Crippen LogP contribution in [0.25, 0.3) is 0 Å². The van der Waals surface area contributed by atoms with Crippen molar-refractivity contribution >= 4 is 17.8 Å². The molecule has 0 heterocycles. The molecule has 0 spiro atoms. The lowest BCUT2D eigenvalue weighted by Crippen LogP contribution is -2.69. The number of fused-ring (bicyclic) bond motifs is 7. The monoisotopic (exact) mass is 666 g/mol. The summed E-state index contributed by atoms with van der Waals surface area (Å²) in [6.07, 6.45) is 11.5. The second-order valence-corrected chi connectivity index (χ2v) is 19.9. The topological polar surface area (TPSA) is 105 Å². The first kappa shape index (κ1) is 35.9. The van der Waals surface area contributed by atoms with E-state index in [0.717, 1.165) is 76.2 Å². The zero-order valence-electron chi connectivity index (χ0n) is 31.9. The van der Waals surface area contributed by atoms with Crippen molar-refractivity contribution in [1.82, 2.24) is 10.6 Å². The maximum atomic E-state index is 14.7. The summed E-state index contributed by atoms with van der Waals surface area (Å²) in [7, 11) is 0. The normalized spacial score (nSPS) is 41.9. The minimum absolute atomic E-state index is 0.00425. The van der Waals surface area contributed by atoms with E-state index in [9.17, 15) is 19.5 Å². The Balaban J connectivity index is 1.36. The highest BCUT2D eigenvalue weighted by molar-refractivity contribution is 6.03. The number of nitrogens with one attached hydrogen (secondary N) is 2. The number of ether oxygens (including phenoxy) is 1. The van der Waals surface area contributed by atoms with Crippen LogP contribution in [0.2, 0.25) is 0 Å². The highest BCUT2D eigenvalue weighted by atomic mass is 16.6. The van der Waals surface area contributed by atoms with Gasteiger partial charge < -0.3 is 20.5 Å². The fraction of sp³-hybridized carbons (Fsp3) is 0.878. The molecule has 8 atom stereocenters. The third-order valence-electron chi connectivity index (χ3n) is 15.6. The third kappa shape index (κ3) is 5.24. The van der Waals surface area contributed by atoms with Crippen molar-refractivity contribution in [2.24, 2.45) is 45.3 Å². The summed E-state index contributed by atoms with van der Waals surface area (Å²) in [6, 6.07) is 0. The van der Waals surface area contributed by atoms with Gasteiger partial charge in [0.2, 0.25) is 5.91 Å². The minimum atomic E-state index is -1.04. The Morgan fingerprint density at radius 2 is 1.48 bits per heavy atom. The van der Waals surface area contributed by atoms with Gasteiger partial charge in [0.15, 0.2) is 5.78 Å². The van der Waals surface area contributed by atoms with Gasteiger partial charge in [0.05, 0.1) is 11.6 Å². The second kappa shape index (κ2) is 11.6. The van der Waals surface area contributed by atoms with Crippen LogP contribution in [0.5, 0.6) is 0 Å². The molecule has 0 bridgehead atoms. The summed E-state index contributed by atoms with van der Waals surface area (Å²) in [5.74, 6) is 1.40. The van der Waals surface area contributed by atoms with Crippen LogP contribution >= 0.6 is 0 Å². The van der Waals surface area contributed by atoms with Crippen LogP contribution in [0.1, 0.15) is 159 Å². The molecule has 7 nitrogen and oxygen atoms in total. The fourth-order valence-corrected chi connectivity index (χ4v) is 13.1. The lowest BCUT2D eigenvalue weighted by Gasteiger charge is -2.72. The molecule has 48 heavy (non-hydrogen) atoms. The van der Waals surface area contributed by atoms with E-state index in [1.807, 2.05) is 20.8 Å². The van der Waals surface area contributed by atoms with Crippen molar-refractivity contribution < 1.29 is 24.2 Å². The summed E-state index contributed by atoms with van der Waals surface area (Å²) >= 11 is 0. The number of ketones is 1. The van der Waals surface area contributed by atoms with Crippen LogP contribution < -0.4 is 10.6 Å². The number of carbonyl (C=O) groups excluding carboxylic acids is 3. The van der Waals surface area contributed by atoms with E-state index >= 15 is 0 Å². The molecule has 0 aromatic heterocycles. The molecular weight excluding hydrogens is 600 g/mol. The van der Waals surface area contributed by atoms with E-state index in [1.54, 1.807) is 0 Å². The van der Waals surface area contributed by atoms with Crippen molar-refractivity contribution in [3.63, 3.8) is 0 Å². The Labute approximate surface area is 290 Å². The molecule has 6 rings (SSSR count). The molecule has 5 fully saturated rings. The molecule has 2 amide bonds. The van der Waals surface area contributed by atoms with E-state index in [0.29, 0.717) is 31.1 Å². The average molecular weight is 667 g/mol. The van der Waals surface area contributed by atoms with E-state index < -0.39 is 22.8 Å². The fourth-order valence-electron chi connectivity index (χ4n) is 13.1. The van der Waals surface area contributed by atoms with Gasteiger partial charge in [-0.2, -0.15) is 0 Å². The van der Waals surface area contributed by atoms with Crippen LogP contribution in [0, 0.1) is 45.3 Å². The van der Waals surface area contributed by atoms with Gasteiger partial charge in [-0.05, 0) is 141 Å². The van der Waals surface area contributed by atoms with Crippen molar-refractivity contribution in [3.8, 4) is 0 Å². The van der Waals surface area contributed by atoms with Gasteiger partial charge in [-0.25, -0.2) is 4.79 Å². The number of amides is 2. The molecule has 6 aliphatic carbocycles. The molecule has 3 N–H and O–H groups in total. The Morgan fingerprint density at radius 1 is 0.812 bits per heavy atom. The second-order valence-electron chi connectivity index (χ2n) is 19.9. The number of carbonyl (C=O) groups is 3. The largest absolute Gasteiger partial charge is 0.444 e. The van der Waals surface area contributed by atoms with Crippen molar-refractivity contribution in [2.45, 2.75) is 182 Å². The summed E-state index contributed by atoms with van der Waals surface area (Å²) in [5.41, 5.74) is -0.0680. The van der Waals surface area contributed by atoms with Crippen LogP contribution in [0.3, 0.4) is 0 Å². The lowest BCUT2D eigenvalue weighted by atomic mass is 9.33. The van der Waals surface area contributed by atoms with E-state index in [2.05, 4.69) is 59.1 Å². The number of hydrogen-bond acceptors (Lipinski definition) is 5. The van der Waals surface area contributed by atoms with Crippen molar-refractivity contribution in [2.75, 3.05) is 0 Å². The number of aliphatic hydroxyl groups excluding tert-OH is 1. The first-order valence-electron chi connectivity index (χ1n) is 19.5. The summed E-state index contributed by atoms with van der Waals surface area (Å²) in [4.78, 5) is 42.0. The number of allylic oxidation sites excluding steroid dienone is 1.